The Balaban J connectivity index is 1.59. The normalized spacial score (nSPS) is 16.1. The summed E-state index contributed by atoms with van der Waals surface area (Å²) in [6.07, 6.45) is 8.46. The minimum atomic E-state index is -0.804. The van der Waals surface area contributed by atoms with Crippen LogP contribution in [0.25, 0.3) is 0 Å². The van der Waals surface area contributed by atoms with E-state index in [4.69, 9.17) is 4.42 Å². The van der Waals surface area contributed by atoms with Crippen LogP contribution in [0.15, 0.2) is 39.7 Å². The molecule has 8 heteroatoms. The summed E-state index contributed by atoms with van der Waals surface area (Å²) in [7, 11) is 1.28. The van der Waals surface area contributed by atoms with Crippen molar-refractivity contribution in [1.29, 1.82) is 0 Å². The molecule has 2 aromatic heterocycles. The monoisotopic (exact) mass is 501 g/mol. The predicted octanol–water partition coefficient (Wildman–Crippen LogP) is 5.81. The molecular formula is C27H35NO6S. The van der Waals surface area contributed by atoms with Gasteiger partial charge in [0, 0.05) is 33.9 Å². The third kappa shape index (κ3) is 7.56. The smallest absolute Gasteiger partial charge is 0.410 e. The Morgan fingerprint density at radius 3 is 2.63 bits per heavy atom. The van der Waals surface area contributed by atoms with Crippen LogP contribution < -0.4 is 10.9 Å². The molecule has 1 saturated carbocycles. The van der Waals surface area contributed by atoms with Gasteiger partial charge in [-0.15, -0.1) is 11.3 Å². The molecule has 3 unspecified atom stereocenters. The third-order valence-electron chi connectivity index (χ3n) is 6.65. The summed E-state index contributed by atoms with van der Waals surface area (Å²) in [4.78, 5) is 39.4. The standard InChI is InChI=1S/C27H35NO6S/c1-16(7-5-6-12-28-27(32)33-4)23-15-22(29)24(26(31)34-23)25(30)18(3)17(2)13-20-10-11-21(35-20)14-19-8-9-19/h6,10-12,15-19,29H,5,7-9,13-14H2,1-4H3,(H,28,32)/b12-6+. The van der Waals surface area contributed by atoms with Gasteiger partial charge in [0.25, 0.3) is 0 Å². The number of aromatic hydroxyl groups is 1. The first-order valence-electron chi connectivity index (χ1n) is 12.2. The van der Waals surface area contributed by atoms with Crippen molar-refractivity contribution in [2.75, 3.05) is 7.11 Å². The van der Waals surface area contributed by atoms with Crippen LogP contribution in [0.1, 0.15) is 78.2 Å². The Hall–Kier alpha value is -2.87. The zero-order valence-electron chi connectivity index (χ0n) is 20.8. The van der Waals surface area contributed by atoms with Crippen molar-refractivity contribution < 1.29 is 23.8 Å². The zero-order chi connectivity index (χ0) is 25.5. The predicted molar refractivity (Wildman–Crippen MR) is 136 cm³/mol. The molecule has 190 valence electrons. The Morgan fingerprint density at radius 1 is 1.26 bits per heavy atom. The second-order valence-electron chi connectivity index (χ2n) is 9.56. The van der Waals surface area contributed by atoms with Gasteiger partial charge in [-0.1, -0.05) is 26.8 Å². The molecule has 0 radical (unpaired) electrons. The molecule has 2 N–H and O–H groups in total. The molecule has 1 aliphatic rings. The highest BCUT2D eigenvalue weighted by molar-refractivity contribution is 7.12. The summed E-state index contributed by atoms with van der Waals surface area (Å²) in [5, 5.41) is 13.0. The number of Topliss-reactive ketones (excluding diaryl/α,β-unsaturated/α-hetero) is 1. The number of amides is 1. The third-order valence-corrected chi connectivity index (χ3v) is 7.78. The van der Waals surface area contributed by atoms with E-state index in [1.807, 2.05) is 13.8 Å². The van der Waals surface area contributed by atoms with Crippen LogP contribution in [-0.4, -0.2) is 24.1 Å². The van der Waals surface area contributed by atoms with Gasteiger partial charge < -0.3 is 14.3 Å². The van der Waals surface area contributed by atoms with Crippen molar-refractivity contribution in [3.05, 3.63) is 62.0 Å². The number of alkyl carbamates (subject to hydrolysis) is 1. The molecule has 7 nitrogen and oxygen atoms in total. The molecule has 0 aliphatic heterocycles. The molecule has 3 atom stereocenters. The van der Waals surface area contributed by atoms with E-state index in [-0.39, 0.29) is 23.1 Å². The van der Waals surface area contributed by atoms with E-state index in [2.05, 4.69) is 22.2 Å². The fourth-order valence-electron chi connectivity index (χ4n) is 3.95. The number of nitrogens with one attached hydrogen (secondary N) is 1. The molecule has 1 aliphatic carbocycles. The number of allylic oxidation sites excluding steroid dienone is 1. The largest absolute Gasteiger partial charge is 0.507 e. The highest BCUT2D eigenvalue weighted by atomic mass is 32.1. The van der Waals surface area contributed by atoms with Crippen molar-refractivity contribution in [3.63, 3.8) is 0 Å². The number of hydrogen-bond acceptors (Lipinski definition) is 7. The lowest BCUT2D eigenvalue weighted by atomic mass is 9.86. The Kier molecular flexibility index (Phi) is 9.32. The zero-order valence-corrected chi connectivity index (χ0v) is 21.7. The first-order chi connectivity index (χ1) is 16.7. The van der Waals surface area contributed by atoms with Crippen molar-refractivity contribution in [2.45, 2.75) is 65.2 Å². The minimum Gasteiger partial charge on any atom is -0.507 e. The van der Waals surface area contributed by atoms with Crippen molar-refractivity contribution in [2.24, 2.45) is 17.8 Å². The van der Waals surface area contributed by atoms with Crippen LogP contribution in [0.4, 0.5) is 4.79 Å². The van der Waals surface area contributed by atoms with Crippen LogP contribution in [-0.2, 0) is 17.6 Å². The van der Waals surface area contributed by atoms with E-state index in [0.717, 1.165) is 18.8 Å². The number of hydrogen-bond donors (Lipinski definition) is 2. The van der Waals surface area contributed by atoms with Gasteiger partial charge in [0.05, 0.1) is 7.11 Å². The Morgan fingerprint density at radius 2 is 1.97 bits per heavy atom. The van der Waals surface area contributed by atoms with Crippen LogP contribution in [0.3, 0.4) is 0 Å². The van der Waals surface area contributed by atoms with Crippen molar-refractivity contribution in [3.8, 4) is 5.75 Å². The lowest BCUT2D eigenvalue weighted by Gasteiger charge is -2.18. The maximum atomic E-state index is 13.1. The first kappa shape index (κ1) is 26.7. The molecule has 0 spiro atoms. The highest BCUT2D eigenvalue weighted by Gasteiger charge is 2.29. The molecule has 1 fully saturated rings. The second kappa shape index (κ2) is 12.2. The van der Waals surface area contributed by atoms with Gasteiger partial charge in [-0.05, 0) is 62.5 Å². The van der Waals surface area contributed by atoms with Crippen molar-refractivity contribution in [1.82, 2.24) is 5.32 Å². The number of carbonyl (C=O) groups excluding carboxylic acids is 2. The van der Waals surface area contributed by atoms with Crippen LogP contribution >= 0.6 is 11.3 Å². The van der Waals surface area contributed by atoms with E-state index in [1.54, 1.807) is 24.3 Å². The topological polar surface area (TPSA) is 106 Å². The molecule has 1 amide bonds. The quantitative estimate of drug-likeness (QED) is 0.356. The lowest BCUT2D eigenvalue weighted by molar-refractivity contribution is 0.0885. The number of thiophene rings is 1. The summed E-state index contributed by atoms with van der Waals surface area (Å²) in [5.74, 6) is -0.160. The van der Waals surface area contributed by atoms with E-state index in [0.29, 0.717) is 18.6 Å². The average molecular weight is 502 g/mol. The summed E-state index contributed by atoms with van der Waals surface area (Å²) in [6, 6.07) is 5.69. The number of methoxy groups -OCH3 is 1. The van der Waals surface area contributed by atoms with Crippen LogP contribution in [0, 0.1) is 17.8 Å². The number of ketones is 1. The van der Waals surface area contributed by atoms with Gasteiger partial charge in [0.15, 0.2) is 5.78 Å². The van der Waals surface area contributed by atoms with E-state index >= 15 is 0 Å². The van der Waals surface area contributed by atoms with Gasteiger partial charge in [0.1, 0.15) is 17.1 Å². The molecule has 0 bridgehead atoms. The summed E-state index contributed by atoms with van der Waals surface area (Å²) < 4.78 is 9.91. The average Bonchev–Trinajstić information content (AvgIpc) is 3.53. The molecule has 3 rings (SSSR count). The summed E-state index contributed by atoms with van der Waals surface area (Å²) in [6.45, 7) is 5.67. The van der Waals surface area contributed by atoms with Crippen LogP contribution in [0.5, 0.6) is 5.75 Å². The lowest BCUT2D eigenvalue weighted by Crippen LogP contribution is -2.26. The molecule has 0 saturated heterocycles. The Bertz CT molecular complexity index is 1110. The number of rotatable bonds is 12. The molecule has 2 heterocycles. The van der Waals surface area contributed by atoms with Gasteiger partial charge in [0.2, 0.25) is 0 Å². The molecule has 35 heavy (non-hydrogen) atoms. The highest BCUT2D eigenvalue weighted by Crippen LogP contribution is 2.35. The molecule has 2 aromatic rings. The molecule has 0 aromatic carbocycles. The summed E-state index contributed by atoms with van der Waals surface area (Å²) >= 11 is 1.81. The van der Waals surface area contributed by atoms with E-state index in [1.165, 1.54) is 42.0 Å². The van der Waals surface area contributed by atoms with Gasteiger partial charge >= 0.3 is 11.7 Å². The number of ether oxygens (including phenoxy) is 1. The van der Waals surface area contributed by atoms with Gasteiger partial charge in [-0.2, -0.15) is 0 Å². The maximum absolute atomic E-state index is 13.1. The first-order valence-corrected chi connectivity index (χ1v) is 13.0. The van der Waals surface area contributed by atoms with Crippen molar-refractivity contribution >= 4 is 23.2 Å². The minimum absolute atomic E-state index is 0.0118. The fourth-order valence-corrected chi connectivity index (χ4v) is 5.23. The SMILES string of the molecule is COC(=O)N/C=C/CCC(C)c1cc(O)c(C(=O)C(C)C(C)Cc2ccc(CC3CC3)s2)c(=O)o1. The number of carbonyl (C=O) groups is 2. The second-order valence-corrected chi connectivity index (χ2v) is 10.8. The summed E-state index contributed by atoms with van der Waals surface area (Å²) in [5.41, 5.74) is -1.08. The fraction of sp³-hybridized carbons (Fsp3) is 0.519. The maximum Gasteiger partial charge on any atom is 0.410 e. The van der Waals surface area contributed by atoms with Gasteiger partial charge in [-0.3, -0.25) is 10.1 Å². The van der Waals surface area contributed by atoms with Crippen LogP contribution in [0.2, 0.25) is 0 Å². The Labute approximate surface area is 210 Å². The van der Waals surface area contributed by atoms with Gasteiger partial charge in [-0.25, -0.2) is 9.59 Å². The van der Waals surface area contributed by atoms with E-state index < -0.39 is 23.4 Å². The van der Waals surface area contributed by atoms with E-state index in [9.17, 15) is 19.5 Å². The molecular weight excluding hydrogens is 466 g/mol.